The molecule has 0 amide bonds. The van der Waals surface area contributed by atoms with Crippen LogP contribution in [-0.4, -0.2) is 32.5 Å². The zero-order valence-corrected chi connectivity index (χ0v) is 17.3. The Hall–Kier alpha value is -2.53. The standard InChI is InChI=1S/C23H30O5/c1-22(2,3)15-11-13(7-9-17(15)24)19(20(26)21(27)28)14-8-10-18(25)16(12-14)23(4,5)6/h7-12,19-20,24-26H,1-6H3,(H,27,28). The second-order valence-electron chi connectivity index (χ2n) is 9.31. The molecule has 0 saturated heterocycles. The summed E-state index contributed by atoms with van der Waals surface area (Å²) in [5.41, 5.74) is 1.80. The quantitative estimate of drug-likeness (QED) is 0.629. The second kappa shape index (κ2) is 7.47. The average molecular weight is 386 g/mol. The molecule has 4 N–H and O–H groups in total. The molecule has 2 aromatic rings. The number of aliphatic hydroxyl groups is 1. The fourth-order valence-electron chi connectivity index (χ4n) is 3.40. The molecule has 1 unspecified atom stereocenters. The van der Waals surface area contributed by atoms with Crippen LogP contribution in [0.2, 0.25) is 0 Å². The van der Waals surface area contributed by atoms with Crippen molar-refractivity contribution in [3.8, 4) is 11.5 Å². The van der Waals surface area contributed by atoms with Crippen molar-refractivity contribution in [2.75, 3.05) is 0 Å². The molecule has 0 aromatic heterocycles. The summed E-state index contributed by atoms with van der Waals surface area (Å²) in [6.07, 6.45) is -1.67. The second-order valence-corrected chi connectivity index (χ2v) is 9.31. The number of carboxylic acid groups (broad SMARTS) is 1. The maximum atomic E-state index is 11.6. The van der Waals surface area contributed by atoms with Crippen LogP contribution in [0.4, 0.5) is 0 Å². The fourth-order valence-corrected chi connectivity index (χ4v) is 3.40. The zero-order valence-electron chi connectivity index (χ0n) is 17.3. The first-order valence-electron chi connectivity index (χ1n) is 9.31. The molecule has 0 aliphatic carbocycles. The van der Waals surface area contributed by atoms with Crippen LogP contribution < -0.4 is 0 Å². The molecule has 28 heavy (non-hydrogen) atoms. The lowest BCUT2D eigenvalue weighted by Crippen LogP contribution is -2.29. The molecule has 1 atom stereocenters. The smallest absolute Gasteiger partial charge is 0.333 e. The SMILES string of the molecule is CC(C)(C)c1cc(C(c2ccc(O)c(C(C)(C)C)c2)C(O)C(=O)O)ccc1O. The lowest BCUT2D eigenvalue weighted by molar-refractivity contribution is -0.147. The van der Waals surface area contributed by atoms with Gasteiger partial charge in [-0.05, 0) is 45.2 Å². The molecule has 0 aliphatic heterocycles. The first-order valence-corrected chi connectivity index (χ1v) is 9.31. The minimum Gasteiger partial charge on any atom is -0.508 e. The van der Waals surface area contributed by atoms with E-state index in [2.05, 4.69) is 0 Å². The number of benzene rings is 2. The van der Waals surface area contributed by atoms with Crippen LogP contribution in [-0.2, 0) is 15.6 Å². The Morgan fingerprint density at radius 1 is 0.786 bits per heavy atom. The van der Waals surface area contributed by atoms with Crippen molar-refractivity contribution in [1.29, 1.82) is 0 Å². The van der Waals surface area contributed by atoms with Crippen molar-refractivity contribution in [2.24, 2.45) is 0 Å². The predicted octanol–water partition coefficient (Wildman–Crippen LogP) is 4.27. The molecule has 0 saturated carbocycles. The van der Waals surface area contributed by atoms with Gasteiger partial charge in [0.2, 0.25) is 0 Å². The average Bonchev–Trinajstić information content (AvgIpc) is 2.55. The number of hydrogen-bond donors (Lipinski definition) is 4. The Kier molecular flexibility index (Phi) is 5.81. The summed E-state index contributed by atoms with van der Waals surface area (Å²) >= 11 is 0. The number of rotatable bonds is 4. The summed E-state index contributed by atoms with van der Waals surface area (Å²) in [4.78, 5) is 11.6. The third kappa shape index (κ3) is 4.47. The minimum absolute atomic E-state index is 0.126. The van der Waals surface area contributed by atoms with E-state index in [1.807, 2.05) is 41.5 Å². The lowest BCUT2D eigenvalue weighted by atomic mass is 9.78. The van der Waals surface area contributed by atoms with Gasteiger partial charge in [-0.3, -0.25) is 0 Å². The van der Waals surface area contributed by atoms with Crippen LogP contribution in [0.5, 0.6) is 11.5 Å². The summed E-state index contributed by atoms with van der Waals surface area (Å²) in [5.74, 6) is -1.93. The van der Waals surface area contributed by atoms with Crippen molar-refractivity contribution in [2.45, 2.75) is 64.4 Å². The van der Waals surface area contributed by atoms with E-state index < -0.39 is 18.0 Å². The number of aromatic hydroxyl groups is 2. The molecule has 0 heterocycles. The van der Waals surface area contributed by atoms with Gasteiger partial charge in [0.15, 0.2) is 6.10 Å². The van der Waals surface area contributed by atoms with Gasteiger partial charge in [-0.25, -0.2) is 4.79 Å². The Bertz CT molecular complexity index is 808. The van der Waals surface area contributed by atoms with Crippen LogP contribution in [0.15, 0.2) is 36.4 Å². The number of carboxylic acids is 1. The number of aliphatic hydroxyl groups excluding tert-OH is 1. The minimum atomic E-state index is -1.67. The first-order chi connectivity index (χ1) is 12.7. The third-order valence-electron chi connectivity index (χ3n) is 4.94. The van der Waals surface area contributed by atoms with E-state index in [1.165, 1.54) is 12.1 Å². The van der Waals surface area contributed by atoms with Gasteiger partial charge >= 0.3 is 5.97 Å². The highest BCUT2D eigenvalue weighted by Gasteiger charge is 2.32. The molecule has 0 fully saturated rings. The summed E-state index contributed by atoms with van der Waals surface area (Å²) in [5, 5.41) is 40.5. The van der Waals surface area contributed by atoms with E-state index in [1.54, 1.807) is 24.3 Å². The van der Waals surface area contributed by atoms with E-state index in [0.29, 0.717) is 22.3 Å². The topological polar surface area (TPSA) is 98.0 Å². The Labute approximate surface area is 166 Å². The molecular weight excluding hydrogens is 356 g/mol. The molecule has 5 heteroatoms. The van der Waals surface area contributed by atoms with Crippen LogP contribution >= 0.6 is 0 Å². The van der Waals surface area contributed by atoms with Gasteiger partial charge in [-0.1, -0.05) is 65.8 Å². The van der Waals surface area contributed by atoms with E-state index in [9.17, 15) is 25.2 Å². The Morgan fingerprint density at radius 2 is 1.14 bits per heavy atom. The van der Waals surface area contributed by atoms with Gasteiger partial charge in [0.25, 0.3) is 0 Å². The zero-order chi connectivity index (χ0) is 21.4. The molecule has 0 aliphatic rings. The first kappa shape index (κ1) is 21.8. The van der Waals surface area contributed by atoms with Gasteiger partial charge < -0.3 is 20.4 Å². The highest BCUT2D eigenvalue weighted by molar-refractivity contribution is 5.74. The van der Waals surface area contributed by atoms with Crippen molar-refractivity contribution >= 4 is 5.97 Å². The van der Waals surface area contributed by atoms with Crippen molar-refractivity contribution in [3.63, 3.8) is 0 Å². The fraction of sp³-hybridized carbons (Fsp3) is 0.435. The predicted molar refractivity (Wildman–Crippen MR) is 109 cm³/mol. The summed E-state index contributed by atoms with van der Waals surface area (Å²) in [6, 6.07) is 9.81. The van der Waals surface area contributed by atoms with E-state index in [4.69, 9.17) is 0 Å². The normalized spacial score (nSPS) is 13.6. The number of carbonyl (C=O) groups is 1. The molecular formula is C23H30O5. The van der Waals surface area contributed by atoms with Crippen LogP contribution in [0.3, 0.4) is 0 Å². The molecule has 2 rings (SSSR count). The van der Waals surface area contributed by atoms with Crippen LogP contribution in [0.1, 0.15) is 69.7 Å². The van der Waals surface area contributed by atoms with Crippen LogP contribution in [0, 0.1) is 0 Å². The summed E-state index contributed by atoms with van der Waals surface area (Å²) < 4.78 is 0. The molecule has 0 radical (unpaired) electrons. The monoisotopic (exact) mass is 386 g/mol. The van der Waals surface area contributed by atoms with Gasteiger partial charge in [0.1, 0.15) is 11.5 Å². The molecule has 2 aromatic carbocycles. The summed E-state index contributed by atoms with van der Waals surface area (Å²) in [7, 11) is 0. The Balaban J connectivity index is 2.71. The van der Waals surface area contributed by atoms with Crippen molar-refractivity contribution in [3.05, 3.63) is 58.7 Å². The molecule has 0 spiro atoms. The van der Waals surface area contributed by atoms with Crippen molar-refractivity contribution < 1.29 is 25.2 Å². The van der Waals surface area contributed by atoms with Gasteiger partial charge in [0.05, 0.1) is 0 Å². The molecule has 5 nitrogen and oxygen atoms in total. The highest BCUT2D eigenvalue weighted by Crippen LogP contribution is 2.39. The lowest BCUT2D eigenvalue weighted by Gasteiger charge is -2.27. The van der Waals surface area contributed by atoms with E-state index >= 15 is 0 Å². The van der Waals surface area contributed by atoms with Crippen LogP contribution in [0.25, 0.3) is 0 Å². The van der Waals surface area contributed by atoms with Gasteiger partial charge in [-0.15, -0.1) is 0 Å². The largest absolute Gasteiger partial charge is 0.508 e. The molecule has 152 valence electrons. The Morgan fingerprint density at radius 3 is 1.43 bits per heavy atom. The number of aliphatic carboxylic acids is 1. The number of phenols is 2. The number of phenolic OH excluding ortho intramolecular Hbond substituents is 2. The van der Waals surface area contributed by atoms with E-state index in [-0.39, 0.29) is 22.3 Å². The highest BCUT2D eigenvalue weighted by atomic mass is 16.4. The third-order valence-corrected chi connectivity index (χ3v) is 4.94. The molecule has 0 bridgehead atoms. The van der Waals surface area contributed by atoms with E-state index in [0.717, 1.165) is 0 Å². The maximum Gasteiger partial charge on any atom is 0.333 e. The number of hydrogen-bond acceptors (Lipinski definition) is 4. The van der Waals surface area contributed by atoms with Crippen molar-refractivity contribution in [1.82, 2.24) is 0 Å². The maximum absolute atomic E-state index is 11.6. The van der Waals surface area contributed by atoms with Gasteiger partial charge in [-0.2, -0.15) is 0 Å². The summed E-state index contributed by atoms with van der Waals surface area (Å²) in [6.45, 7) is 11.7. The van der Waals surface area contributed by atoms with Gasteiger partial charge in [0, 0.05) is 5.92 Å².